The number of rotatable bonds is 6. The third-order valence-corrected chi connectivity index (χ3v) is 4.24. The van der Waals surface area contributed by atoms with Crippen LogP contribution in [0.15, 0.2) is 0 Å². The molecule has 1 heterocycles. The Morgan fingerprint density at radius 1 is 1.43 bits per heavy atom. The van der Waals surface area contributed by atoms with Crippen molar-refractivity contribution in [3.8, 4) is 0 Å². The van der Waals surface area contributed by atoms with E-state index in [4.69, 9.17) is 10.5 Å². The summed E-state index contributed by atoms with van der Waals surface area (Å²) in [7, 11) is 0. The summed E-state index contributed by atoms with van der Waals surface area (Å²) >= 11 is 0. The second-order valence-electron chi connectivity index (χ2n) is 6.15. The van der Waals surface area contributed by atoms with Crippen molar-refractivity contribution in [1.29, 1.82) is 0 Å². The monoisotopic (exact) mass is 293 g/mol. The van der Waals surface area contributed by atoms with Crippen molar-refractivity contribution in [2.45, 2.75) is 71.4 Å². The minimum Gasteiger partial charge on any atom is -0.465 e. The fraction of sp³-hybridized carbons (Fsp3) is 0.750. The lowest BCUT2D eigenvalue weighted by atomic mass is 9.97. The van der Waals surface area contributed by atoms with Gasteiger partial charge in [-0.1, -0.05) is 0 Å². The second-order valence-corrected chi connectivity index (χ2v) is 6.15. The maximum Gasteiger partial charge on any atom is 0.325 e. The van der Waals surface area contributed by atoms with Crippen LogP contribution in [0.4, 0.5) is 0 Å². The molecule has 0 saturated carbocycles. The molecule has 5 nitrogen and oxygen atoms in total. The van der Waals surface area contributed by atoms with Crippen LogP contribution in [0.5, 0.6) is 0 Å². The number of nitrogens with zero attached hydrogens (tertiary/aromatic N) is 2. The first-order chi connectivity index (χ1) is 9.95. The summed E-state index contributed by atoms with van der Waals surface area (Å²) in [6.45, 7) is 6.86. The van der Waals surface area contributed by atoms with E-state index in [1.54, 1.807) is 13.8 Å². The summed E-state index contributed by atoms with van der Waals surface area (Å²) in [6.07, 6.45) is 6.19. The van der Waals surface area contributed by atoms with Crippen LogP contribution in [0.25, 0.3) is 0 Å². The molecule has 1 atom stereocenters. The van der Waals surface area contributed by atoms with E-state index in [1.165, 1.54) is 24.2 Å². The molecule has 1 aliphatic rings. The number of hydrogen-bond acceptors (Lipinski definition) is 4. The van der Waals surface area contributed by atoms with Crippen LogP contribution in [-0.2, 0) is 28.9 Å². The molecular weight excluding hydrogens is 266 g/mol. The summed E-state index contributed by atoms with van der Waals surface area (Å²) in [6, 6.07) is 0. The van der Waals surface area contributed by atoms with Gasteiger partial charge in [-0.2, -0.15) is 0 Å². The van der Waals surface area contributed by atoms with Gasteiger partial charge in [-0.15, -0.1) is 0 Å². The molecule has 0 bridgehead atoms. The molecule has 0 aromatic carbocycles. The number of fused-ring (bicyclic) bond motifs is 1. The Labute approximate surface area is 126 Å². The lowest BCUT2D eigenvalue weighted by Crippen LogP contribution is -2.46. The van der Waals surface area contributed by atoms with E-state index in [2.05, 4.69) is 16.5 Å². The minimum atomic E-state index is -0.898. The second kappa shape index (κ2) is 6.60. The van der Waals surface area contributed by atoms with Crippen molar-refractivity contribution in [2.75, 3.05) is 6.61 Å². The van der Waals surface area contributed by atoms with Crippen molar-refractivity contribution in [1.82, 2.24) is 9.55 Å². The molecule has 1 aromatic heterocycles. The number of nitrogens with two attached hydrogens (primary N) is 1. The molecule has 21 heavy (non-hydrogen) atoms. The first-order valence-electron chi connectivity index (χ1n) is 7.96. The Hall–Kier alpha value is -1.36. The summed E-state index contributed by atoms with van der Waals surface area (Å²) in [5, 5.41) is 0. The number of aryl methyl sites for hydroxylation is 2. The molecule has 118 valence electrons. The molecule has 0 spiro atoms. The van der Waals surface area contributed by atoms with Gasteiger partial charge >= 0.3 is 5.97 Å². The molecule has 5 heteroatoms. The molecule has 1 unspecified atom stereocenters. The fourth-order valence-electron chi connectivity index (χ4n) is 3.03. The Morgan fingerprint density at radius 3 is 2.86 bits per heavy atom. The van der Waals surface area contributed by atoms with Gasteiger partial charge in [0.1, 0.15) is 11.4 Å². The molecule has 0 saturated heterocycles. The zero-order valence-electron chi connectivity index (χ0n) is 13.4. The summed E-state index contributed by atoms with van der Waals surface area (Å²) in [4.78, 5) is 16.5. The standard InChI is InChI=1S/C16H27N3O2/c1-4-21-15(20)16(3,17)10-7-11-19-12(2)18-13-8-5-6-9-14(13)19/h4-11,17H2,1-3H3. The molecule has 0 amide bonds. The highest BCUT2D eigenvalue weighted by Gasteiger charge is 2.29. The zero-order valence-corrected chi connectivity index (χ0v) is 13.4. The number of imidazole rings is 1. The molecule has 2 rings (SSSR count). The minimum absolute atomic E-state index is 0.311. The molecule has 2 N–H and O–H groups in total. The topological polar surface area (TPSA) is 70.1 Å². The van der Waals surface area contributed by atoms with E-state index in [9.17, 15) is 4.79 Å². The van der Waals surface area contributed by atoms with Crippen LogP contribution in [0, 0.1) is 6.92 Å². The average molecular weight is 293 g/mol. The van der Waals surface area contributed by atoms with Crippen LogP contribution in [0.1, 0.15) is 56.7 Å². The molecule has 1 aromatic rings. The first kappa shape index (κ1) is 16.0. The lowest BCUT2D eigenvalue weighted by molar-refractivity contribution is -0.149. The van der Waals surface area contributed by atoms with Crippen molar-refractivity contribution in [2.24, 2.45) is 5.73 Å². The molecular formula is C16H27N3O2. The summed E-state index contributed by atoms with van der Waals surface area (Å²) < 4.78 is 7.33. The number of ether oxygens (including phenoxy) is 1. The van der Waals surface area contributed by atoms with Crippen molar-refractivity contribution in [3.63, 3.8) is 0 Å². The van der Waals surface area contributed by atoms with Crippen LogP contribution >= 0.6 is 0 Å². The Kier molecular flexibility index (Phi) is 5.04. The number of esters is 1. The Balaban J connectivity index is 1.95. The average Bonchev–Trinajstić information content (AvgIpc) is 2.75. The van der Waals surface area contributed by atoms with Gasteiger partial charge in [0.05, 0.1) is 12.3 Å². The van der Waals surface area contributed by atoms with Crippen molar-refractivity contribution in [3.05, 3.63) is 17.2 Å². The van der Waals surface area contributed by atoms with Gasteiger partial charge in [-0.05, 0) is 59.3 Å². The van der Waals surface area contributed by atoms with E-state index in [1.807, 2.05) is 0 Å². The normalized spacial score (nSPS) is 17.1. The molecule has 0 fully saturated rings. The SMILES string of the molecule is CCOC(=O)C(C)(N)CCCn1c(C)nc2c1CCCC2. The lowest BCUT2D eigenvalue weighted by Gasteiger charge is -2.22. The predicted octanol–water partition coefficient (Wildman–Crippen LogP) is 2.13. The molecule has 0 radical (unpaired) electrons. The van der Waals surface area contributed by atoms with E-state index < -0.39 is 5.54 Å². The summed E-state index contributed by atoms with van der Waals surface area (Å²) in [5.74, 6) is 0.770. The van der Waals surface area contributed by atoms with Gasteiger partial charge in [0, 0.05) is 12.2 Å². The van der Waals surface area contributed by atoms with E-state index in [0.29, 0.717) is 13.0 Å². The number of aromatic nitrogens is 2. The van der Waals surface area contributed by atoms with Crippen LogP contribution in [0.2, 0.25) is 0 Å². The van der Waals surface area contributed by atoms with E-state index in [-0.39, 0.29) is 5.97 Å². The number of carbonyl (C=O) groups excluding carboxylic acids is 1. The first-order valence-corrected chi connectivity index (χ1v) is 7.96. The number of carbonyl (C=O) groups is 1. The van der Waals surface area contributed by atoms with Crippen LogP contribution in [0.3, 0.4) is 0 Å². The van der Waals surface area contributed by atoms with Gasteiger partial charge in [0.25, 0.3) is 0 Å². The number of hydrogen-bond donors (Lipinski definition) is 1. The van der Waals surface area contributed by atoms with E-state index in [0.717, 1.165) is 31.6 Å². The Morgan fingerprint density at radius 2 is 2.14 bits per heavy atom. The largest absolute Gasteiger partial charge is 0.465 e. The third-order valence-electron chi connectivity index (χ3n) is 4.24. The molecule has 0 aliphatic heterocycles. The highest BCUT2D eigenvalue weighted by molar-refractivity contribution is 5.79. The van der Waals surface area contributed by atoms with Gasteiger partial charge in [-0.25, -0.2) is 4.98 Å². The predicted molar refractivity (Wildman–Crippen MR) is 82.1 cm³/mol. The van der Waals surface area contributed by atoms with Gasteiger partial charge in [0.2, 0.25) is 0 Å². The maximum absolute atomic E-state index is 11.8. The fourth-order valence-corrected chi connectivity index (χ4v) is 3.03. The van der Waals surface area contributed by atoms with Crippen LogP contribution in [-0.4, -0.2) is 27.7 Å². The maximum atomic E-state index is 11.8. The quantitative estimate of drug-likeness (QED) is 0.816. The Bertz CT molecular complexity index is 506. The van der Waals surface area contributed by atoms with Crippen molar-refractivity contribution < 1.29 is 9.53 Å². The highest BCUT2D eigenvalue weighted by Crippen LogP contribution is 2.23. The molecule has 1 aliphatic carbocycles. The van der Waals surface area contributed by atoms with Gasteiger partial charge < -0.3 is 15.0 Å². The third kappa shape index (κ3) is 3.64. The van der Waals surface area contributed by atoms with Crippen LogP contribution < -0.4 is 5.73 Å². The zero-order chi connectivity index (χ0) is 15.5. The smallest absolute Gasteiger partial charge is 0.325 e. The highest BCUT2D eigenvalue weighted by atomic mass is 16.5. The van der Waals surface area contributed by atoms with Crippen molar-refractivity contribution >= 4 is 5.97 Å². The van der Waals surface area contributed by atoms with Gasteiger partial charge in [-0.3, -0.25) is 4.79 Å². The van der Waals surface area contributed by atoms with Gasteiger partial charge in [0.15, 0.2) is 0 Å². The summed E-state index contributed by atoms with van der Waals surface area (Å²) in [5.41, 5.74) is 7.81. The van der Waals surface area contributed by atoms with E-state index >= 15 is 0 Å².